The van der Waals surface area contributed by atoms with E-state index in [0.29, 0.717) is 11.1 Å². The number of thiazole rings is 1. The molecule has 2 aromatic carbocycles. The monoisotopic (exact) mass is 340 g/mol. The first-order valence-corrected chi connectivity index (χ1v) is 8.33. The Hall–Kier alpha value is -2.73. The second-order valence-corrected chi connectivity index (χ2v) is 6.40. The van der Waals surface area contributed by atoms with Crippen LogP contribution in [0.15, 0.2) is 63.1 Å². The summed E-state index contributed by atoms with van der Waals surface area (Å²) >= 11 is 1.55. The average molecular weight is 340 g/mol. The average Bonchev–Trinajstić information content (AvgIpc) is 3.14. The van der Waals surface area contributed by atoms with E-state index >= 15 is 0 Å². The predicted molar refractivity (Wildman–Crippen MR) is 90.9 cm³/mol. The molecule has 0 spiro atoms. The maximum Gasteiger partial charge on any atom is 0.420 e. The van der Waals surface area contributed by atoms with Crippen LogP contribution in [0.5, 0.6) is 0 Å². The molecule has 0 radical (unpaired) electrons. The molecular weight excluding hydrogens is 327 g/mol. The molecule has 0 aliphatic heterocycles. The van der Waals surface area contributed by atoms with Gasteiger partial charge >= 0.3 is 5.76 Å². The van der Waals surface area contributed by atoms with Crippen molar-refractivity contribution in [3.05, 3.63) is 86.5 Å². The van der Waals surface area contributed by atoms with Crippen LogP contribution >= 0.6 is 11.3 Å². The second-order valence-electron chi connectivity index (χ2n) is 5.46. The van der Waals surface area contributed by atoms with Crippen molar-refractivity contribution in [2.45, 2.75) is 13.0 Å². The van der Waals surface area contributed by atoms with Crippen LogP contribution in [-0.4, -0.2) is 9.55 Å². The van der Waals surface area contributed by atoms with Crippen molar-refractivity contribution in [2.24, 2.45) is 0 Å². The third-order valence-corrected chi connectivity index (χ3v) is 4.64. The van der Waals surface area contributed by atoms with Gasteiger partial charge in [-0.2, -0.15) is 0 Å². The Balaban J connectivity index is 1.61. The molecule has 4 nitrogen and oxygen atoms in total. The van der Waals surface area contributed by atoms with Gasteiger partial charge in [0.15, 0.2) is 5.58 Å². The fraction of sp³-hybridized carbons (Fsp3) is 0.111. The molecule has 4 aromatic rings. The molecule has 2 aromatic heterocycles. The summed E-state index contributed by atoms with van der Waals surface area (Å²) in [5.74, 6) is -0.909. The molecule has 0 amide bonds. The molecule has 0 atom stereocenters. The number of oxazole rings is 1. The van der Waals surface area contributed by atoms with Gasteiger partial charge in [-0.1, -0.05) is 30.3 Å². The van der Waals surface area contributed by atoms with Crippen LogP contribution in [-0.2, 0) is 13.0 Å². The molecule has 6 heteroatoms. The summed E-state index contributed by atoms with van der Waals surface area (Å²) in [6.07, 6.45) is 0.751. The van der Waals surface area contributed by atoms with E-state index < -0.39 is 11.6 Å². The third-order valence-electron chi connectivity index (χ3n) is 3.75. The van der Waals surface area contributed by atoms with Crippen molar-refractivity contribution in [3.63, 3.8) is 0 Å². The standard InChI is InChI=1S/C18H13FN2O2S/c19-13-6-7-16-15(9-13)21(18(22)23-16)10-14-11-24-17(20-14)8-12-4-2-1-3-5-12/h1-7,9,11H,8,10H2. The zero-order valence-corrected chi connectivity index (χ0v) is 13.4. The van der Waals surface area contributed by atoms with Crippen molar-refractivity contribution >= 4 is 22.4 Å². The maximum atomic E-state index is 13.4. The summed E-state index contributed by atoms with van der Waals surface area (Å²) in [7, 11) is 0. The predicted octanol–water partition coefficient (Wildman–Crippen LogP) is 3.83. The highest BCUT2D eigenvalue weighted by atomic mass is 32.1. The highest BCUT2D eigenvalue weighted by molar-refractivity contribution is 7.09. The number of hydrogen-bond donors (Lipinski definition) is 0. The largest absolute Gasteiger partial charge is 0.420 e. The van der Waals surface area contributed by atoms with Crippen molar-refractivity contribution in [2.75, 3.05) is 0 Å². The van der Waals surface area contributed by atoms with E-state index in [1.165, 1.54) is 28.3 Å². The quantitative estimate of drug-likeness (QED) is 0.567. The Morgan fingerprint density at radius 3 is 2.83 bits per heavy atom. The summed E-state index contributed by atoms with van der Waals surface area (Å²) in [5.41, 5.74) is 2.77. The van der Waals surface area contributed by atoms with E-state index in [2.05, 4.69) is 17.1 Å². The number of aromatic nitrogens is 2. The molecule has 120 valence electrons. The molecule has 0 N–H and O–H groups in total. The molecule has 0 aliphatic carbocycles. The minimum Gasteiger partial charge on any atom is -0.408 e. The van der Waals surface area contributed by atoms with E-state index in [1.807, 2.05) is 23.6 Å². The lowest BCUT2D eigenvalue weighted by molar-refractivity contribution is 0.516. The Morgan fingerprint density at radius 2 is 2.00 bits per heavy atom. The Kier molecular flexibility index (Phi) is 3.74. The minimum atomic E-state index is -0.506. The van der Waals surface area contributed by atoms with Crippen LogP contribution in [0.3, 0.4) is 0 Å². The summed E-state index contributed by atoms with van der Waals surface area (Å²) in [5, 5.41) is 2.89. The number of rotatable bonds is 4. The van der Waals surface area contributed by atoms with Crippen molar-refractivity contribution in [3.8, 4) is 0 Å². The Morgan fingerprint density at radius 1 is 1.17 bits per heavy atom. The Labute approximate surface area is 140 Å². The first-order chi connectivity index (χ1) is 11.7. The van der Waals surface area contributed by atoms with Crippen LogP contribution < -0.4 is 5.76 Å². The lowest BCUT2D eigenvalue weighted by Crippen LogP contribution is -2.15. The van der Waals surface area contributed by atoms with Crippen LogP contribution in [0, 0.1) is 5.82 Å². The highest BCUT2D eigenvalue weighted by Crippen LogP contribution is 2.18. The summed E-state index contributed by atoms with van der Waals surface area (Å²) < 4.78 is 20.0. The smallest absolute Gasteiger partial charge is 0.408 e. The van der Waals surface area contributed by atoms with E-state index in [-0.39, 0.29) is 6.54 Å². The third kappa shape index (κ3) is 2.88. The summed E-state index contributed by atoms with van der Waals surface area (Å²) in [6, 6.07) is 14.1. The number of hydrogen-bond acceptors (Lipinski definition) is 4. The zero-order chi connectivity index (χ0) is 16.5. The molecular formula is C18H13FN2O2S. The van der Waals surface area contributed by atoms with Crippen LogP contribution in [0.4, 0.5) is 4.39 Å². The molecule has 0 aliphatic rings. The first kappa shape index (κ1) is 14.8. The van der Waals surface area contributed by atoms with Gasteiger partial charge in [-0.3, -0.25) is 4.57 Å². The SMILES string of the molecule is O=c1oc2ccc(F)cc2n1Cc1csc(Cc2ccccc2)n1. The molecule has 0 saturated heterocycles. The van der Waals surface area contributed by atoms with E-state index in [1.54, 1.807) is 11.3 Å². The maximum absolute atomic E-state index is 13.4. The number of halogens is 1. The van der Waals surface area contributed by atoms with Crippen LogP contribution in [0.1, 0.15) is 16.3 Å². The summed E-state index contributed by atoms with van der Waals surface area (Å²) in [6.45, 7) is 0.264. The second kappa shape index (κ2) is 6.05. The molecule has 24 heavy (non-hydrogen) atoms. The fourth-order valence-corrected chi connectivity index (χ4v) is 3.44. The van der Waals surface area contributed by atoms with Crippen LogP contribution in [0.25, 0.3) is 11.1 Å². The molecule has 0 bridgehead atoms. The summed E-state index contributed by atoms with van der Waals surface area (Å²) in [4.78, 5) is 16.6. The van der Waals surface area contributed by atoms with Gasteiger partial charge in [-0.05, 0) is 17.7 Å². The first-order valence-electron chi connectivity index (χ1n) is 7.45. The van der Waals surface area contributed by atoms with Crippen molar-refractivity contribution in [1.82, 2.24) is 9.55 Å². The van der Waals surface area contributed by atoms with Gasteiger partial charge in [-0.15, -0.1) is 11.3 Å². The van der Waals surface area contributed by atoms with Gasteiger partial charge in [0.05, 0.1) is 22.8 Å². The normalized spacial score (nSPS) is 11.2. The Bertz CT molecular complexity index is 1050. The lowest BCUT2D eigenvalue weighted by atomic mass is 10.2. The van der Waals surface area contributed by atoms with Crippen LogP contribution in [0.2, 0.25) is 0 Å². The lowest BCUT2D eigenvalue weighted by Gasteiger charge is -1.99. The highest BCUT2D eigenvalue weighted by Gasteiger charge is 2.12. The van der Waals surface area contributed by atoms with E-state index in [9.17, 15) is 9.18 Å². The van der Waals surface area contributed by atoms with Gasteiger partial charge in [0.25, 0.3) is 0 Å². The van der Waals surface area contributed by atoms with E-state index in [4.69, 9.17) is 4.42 Å². The van der Waals surface area contributed by atoms with Crippen molar-refractivity contribution in [1.29, 1.82) is 0 Å². The number of fused-ring (bicyclic) bond motifs is 1. The fourth-order valence-electron chi connectivity index (χ4n) is 2.62. The molecule has 0 fully saturated rings. The van der Waals surface area contributed by atoms with Gasteiger partial charge in [0.2, 0.25) is 0 Å². The minimum absolute atomic E-state index is 0.264. The number of nitrogens with zero attached hydrogens (tertiary/aromatic N) is 2. The zero-order valence-electron chi connectivity index (χ0n) is 12.6. The van der Waals surface area contributed by atoms with Gasteiger partial charge in [0.1, 0.15) is 5.82 Å². The van der Waals surface area contributed by atoms with E-state index in [0.717, 1.165) is 17.1 Å². The van der Waals surface area contributed by atoms with Crippen molar-refractivity contribution < 1.29 is 8.81 Å². The number of benzene rings is 2. The van der Waals surface area contributed by atoms with Gasteiger partial charge in [0, 0.05) is 17.9 Å². The molecule has 2 heterocycles. The molecule has 4 rings (SSSR count). The molecule has 0 saturated carbocycles. The molecule has 0 unspecified atom stereocenters. The topological polar surface area (TPSA) is 48.0 Å². The van der Waals surface area contributed by atoms with Gasteiger partial charge < -0.3 is 4.42 Å². The van der Waals surface area contributed by atoms with Gasteiger partial charge in [-0.25, -0.2) is 14.2 Å².